The van der Waals surface area contributed by atoms with Crippen LogP contribution in [0.15, 0.2) is 30.3 Å². The summed E-state index contributed by atoms with van der Waals surface area (Å²) in [6.07, 6.45) is 0. The summed E-state index contributed by atoms with van der Waals surface area (Å²) in [7, 11) is 1.92. The van der Waals surface area contributed by atoms with Crippen molar-refractivity contribution in [1.29, 1.82) is 0 Å². The molecule has 0 radical (unpaired) electrons. The predicted molar refractivity (Wildman–Crippen MR) is 84.1 cm³/mol. The molecule has 2 aromatic rings. The predicted octanol–water partition coefficient (Wildman–Crippen LogP) is 4.68. The zero-order valence-electron chi connectivity index (χ0n) is 10.7. The SMILES string of the molecule is CN(Cc1ccc(Cl)s1)c1ccc([N+](=O)[O-])c(CCl)c1. The van der Waals surface area contributed by atoms with Crippen LogP contribution in [0.25, 0.3) is 0 Å². The summed E-state index contributed by atoms with van der Waals surface area (Å²) in [6.45, 7) is 0.691. The Kier molecular flexibility index (Phi) is 4.86. The van der Waals surface area contributed by atoms with Crippen LogP contribution in [0.4, 0.5) is 11.4 Å². The Labute approximate surface area is 130 Å². The second-order valence-electron chi connectivity index (χ2n) is 4.27. The van der Waals surface area contributed by atoms with Crippen LogP contribution in [0.1, 0.15) is 10.4 Å². The minimum absolute atomic E-state index is 0.0521. The second kappa shape index (κ2) is 6.43. The number of hydrogen-bond donors (Lipinski definition) is 0. The lowest BCUT2D eigenvalue weighted by atomic mass is 10.1. The molecule has 0 atom stereocenters. The van der Waals surface area contributed by atoms with Gasteiger partial charge >= 0.3 is 0 Å². The van der Waals surface area contributed by atoms with Crippen molar-refractivity contribution < 1.29 is 4.92 Å². The van der Waals surface area contributed by atoms with Crippen molar-refractivity contribution in [3.8, 4) is 0 Å². The number of nitrogens with zero attached hydrogens (tertiary/aromatic N) is 2. The van der Waals surface area contributed by atoms with Crippen molar-refractivity contribution in [2.24, 2.45) is 0 Å². The first kappa shape index (κ1) is 15.1. The Morgan fingerprint density at radius 3 is 2.65 bits per heavy atom. The van der Waals surface area contributed by atoms with Gasteiger partial charge in [0, 0.05) is 29.2 Å². The van der Waals surface area contributed by atoms with Crippen molar-refractivity contribution in [2.75, 3.05) is 11.9 Å². The molecule has 1 heterocycles. The smallest absolute Gasteiger partial charge is 0.273 e. The molecule has 7 heteroatoms. The minimum Gasteiger partial charge on any atom is -0.369 e. The van der Waals surface area contributed by atoms with Crippen molar-refractivity contribution in [3.63, 3.8) is 0 Å². The van der Waals surface area contributed by atoms with Crippen LogP contribution in [0.3, 0.4) is 0 Å². The first-order valence-electron chi connectivity index (χ1n) is 5.80. The zero-order chi connectivity index (χ0) is 14.7. The van der Waals surface area contributed by atoms with Crippen molar-refractivity contribution in [1.82, 2.24) is 0 Å². The summed E-state index contributed by atoms with van der Waals surface area (Å²) < 4.78 is 0.749. The highest BCUT2D eigenvalue weighted by molar-refractivity contribution is 7.16. The molecule has 0 spiro atoms. The van der Waals surface area contributed by atoms with E-state index in [1.54, 1.807) is 12.1 Å². The van der Waals surface area contributed by atoms with Crippen LogP contribution >= 0.6 is 34.5 Å². The molecule has 0 fully saturated rings. The number of rotatable bonds is 5. The van der Waals surface area contributed by atoms with Gasteiger partial charge in [0.05, 0.1) is 21.7 Å². The largest absolute Gasteiger partial charge is 0.369 e. The summed E-state index contributed by atoms with van der Waals surface area (Å²) >= 11 is 13.2. The summed E-state index contributed by atoms with van der Waals surface area (Å²) in [4.78, 5) is 13.6. The molecule has 0 aliphatic heterocycles. The summed E-state index contributed by atoms with van der Waals surface area (Å²) in [5.74, 6) is 0.114. The summed E-state index contributed by atoms with van der Waals surface area (Å²) in [5, 5.41) is 10.9. The van der Waals surface area contributed by atoms with Crippen LogP contribution in [0.2, 0.25) is 4.34 Å². The maximum Gasteiger partial charge on any atom is 0.273 e. The molecule has 20 heavy (non-hydrogen) atoms. The second-order valence-corrected chi connectivity index (χ2v) is 6.33. The molecule has 2 rings (SSSR count). The van der Waals surface area contributed by atoms with Crippen LogP contribution in [0, 0.1) is 10.1 Å². The van der Waals surface area contributed by atoms with Gasteiger partial charge in [0.2, 0.25) is 0 Å². The topological polar surface area (TPSA) is 46.4 Å². The van der Waals surface area contributed by atoms with E-state index in [0.717, 1.165) is 14.9 Å². The first-order valence-corrected chi connectivity index (χ1v) is 7.53. The molecule has 0 saturated carbocycles. The van der Waals surface area contributed by atoms with E-state index < -0.39 is 4.92 Å². The molecule has 4 nitrogen and oxygen atoms in total. The van der Waals surface area contributed by atoms with Crippen LogP contribution in [-0.4, -0.2) is 12.0 Å². The molecule has 0 N–H and O–H groups in total. The monoisotopic (exact) mass is 330 g/mol. The van der Waals surface area contributed by atoms with Crippen molar-refractivity contribution >= 4 is 45.9 Å². The zero-order valence-corrected chi connectivity index (χ0v) is 13.0. The normalized spacial score (nSPS) is 10.6. The maximum absolute atomic E-state index is 10.9. The summed E-state index contributed by atoms with van der Waals surface area (Å²) in [6, 6.07) is 8.79. The van der Waals surface area contributed by atoms with Gasteiger partial charge in [-0.3, -0.25) is 10.1 Å². The molecule has 0 saturated heterocycles. The average molecular weight is 331 g/mol. The number of nitro groups is 1. The lowest BCUT2D eigenvalue weighted by Gasteiger charge is -2.19. The molecule has 0 unspecified atom stereocenters. The third-order valence-electron chi connectivity index (χ3n) is 2.87. The van der Waals surface area contributed by atoms with Gasteiger partial charge in [-0.2, -0.15) is 0 Å². The lowest BCUT2D eigenvalue weighted by molar-refractivity contribution is -0.385. The Balaban J connectivity index is 2.21. The molecule has 0 amide bonds. The van der Waals surface area contributed by atoms with E-state index in [0.29, 0.717) is 12.1 Å². The molecular weight excluding hydrogens is 319 g/mol. The lowest BCUT2D eigenvalue weighted by Crippen LogP contribution is -2.15. The fraction of sp³-hybridized carbons (Fsp3) is 0.231. The Morgan fingerprint density at radius 1 is 1.35 bits per heavy atom. The minimum atomic E-state index is -0.416. The van der Waals surface area contributed by atoms with E-state index in [1.807, 2.05) is 24.1 Å². The highest BCUT2D eigenvalue weighted by Gasteiger charge is 2.15. The van der Waals surface area contributed by atoms with Gasteiger partial charge in [0.15, 0.2) is 0 Å². The molecule has 1 aromatic carbocycles. The quantitative estimate of drug-likeness (QED) is 0.454. The summed E-state index contributed by atoms with van der Waals surface area (Å²) in [5.41, 5.74) is 1.46. The van der Waals surface area contributed by atoms with Gasteiger partial charge in [0.25, 0.3) is 5.69 Å². The molecule has 106 valence electrons. The third-order valence-corrected chi connectivity index (χ3v) is 4.37. The number of halogens is 2. The van der Waals surface area contributed by atoms with Crippen molar-refractivity contribution in [3.05, 3.63) is 55.2 Å². The average Bonchev–Trinajstić information content (AvgIpc) is 2.83. The van der Waals surface area contributed by atoms with E-state index >= 15 is 0 Å². The number of thiophene rings is 1. The fourth-order valence-corrected chi connectivity index (χ4v) is 3.21. The number of anilines is 1. The van der Waals surface area contributed by atoms with Gasteiger partial charge in [-0.05, 0) is 24.3 Å². The number of alkyl halides is 1. The van der Waals surface area contributed by atoms with Gasteiger partial charge in [-0.15, -0.1) is 22.9 Å². The van der Waals surface area contributed by atoms with E-state index in [1.165, 1.54) is 17.4 Å². The Hall–Kier alpha value is -1.30. The highest BCUT2D eigenvalue weighted by atomic mass is 35.5. The van der Waals surface area contributed by atoms with Gasteiger partial charge in [0.1, 0.15) is 0 Å². The van der Waals surface area contributed by atoms with Crippen molar-refractivity contribution in [2.45, 2.75) is 12.4 Å². The highest BCUT2D eigenvalue weighted by Crippen LogP contribution is 2.28. The Bertz CT molecular complexity index is 631. The van der Waals surface area contributed by atoms with Gasteiger partial charge in [-0.1, -0.05) is 11.6 Å². The first-order chi connectivity index (χ1) is 9.51. The fourth-order valence-electron chi connectivity index (χ4n) is 1.86. The molecule has 1 aromatic heterocycles. The van der Waals surface area contributed by atoms with E-state index in [-0.39, 0.29) is 11.6 Å². The van der Waals surface area contributed by atoms with E-state index in [9.17, 15) is 10.1 Å². The van der Waals surface area contributed by atoms with E-state index in [4.69, 9.17) is 23.2 Å². The molecule has 0 bridgehead atoms. The number of nitro benzene ring substituents is 1. The molecule has 0 aliphatic carbocycles. The number of benzene rings is 1. The van der Waals surface area contributed by atoms with Crippen LogP contribution in [0.5, 0.6) is 0 Å². The molecule has 0 aliphatic rings. The van der Waals surface area contributed by atoms with Crippen LogP contribution < -0.4 is 4.90 Å². The third kappa shape index (κ3) is 3.42. The van der Waals surface area contributed by atoms with E-state index in [2.05, 4.69) is 0 Å². The maximum atomic E-state index is 10.9. The number of hydrogen-bond acceptors (Lipinski definition) is 4. The van der Waals surface area contributed by atoms with Crippen LogP contribution in [-0.2, 0) is 12.4 Å². The Morgan fingerprint density at radius 2 is 2.10 bits per heavy atom. The van der Waals surface area contributed by atoms with Gasteiger partial charge in [-0.25, -0.2) is 0 Å². The van der Waals surface area contributed by atoms with Gasteiger partial charge < -0.3 is 4.90 Å². The molecular formula is C13H12Cl2N2O2S. The standard InChI is InChI=1S/C13H12Cl2N2O2S/c1-16(8-11-3-5-13(15)20-11)10-2-4-12(17(18)19)9(6-10)7-14/h2-6H,7-8H2,1H3.